The molecule has 1 aliphatic heterocycles. The summed E-state index contributed by atoms with van der Waals surface area (Å²) in [6.07, 6.45) is -4.99. The van der Waals surface area contributed by atoms with Crippen LogP contribution in [0.5, 0.6) is 0 Å². The van der Waals surface area contributed by atoms with Crippen LogP contribution in [0.1, 0.15) is 32.3 Å². The van der Waals surface area contributed by atoms with Crippen molar-refractivity contribution < 1.29 is 34.6 Å². The Morgan fingerprint density at radius 1 is 1.04 bits per heavy atom. The van der Waals surface area contributed by atoms with Crippen molar-refractivity contribution in [1.29, 1.82) is 0 Å². The third-order valence-electron chi connectivity index (χ3n) is 4.31. The third kappa shape index (κ3) is 5.99. The molecule has 6 atom stereocenters. The van der Waals surface area contributed by atoms with Gasteiger partial charge in [-0.3, -0.25) is 0 Å². The van der Waals surface area contributed by atoms with Crippen molar-refractivity contribution in [2.75, 3.05) is 6.61 Å². The zero-order chi connectivity index (χ0) is 19.1. The summed E-state index contributed by atoms with van der Waals surface area (Å²) in [6.45, 7) is 3.26. The van der Waals surface area contributed by atoms with Crippen LogP contribution in [-0.4, -0.2) is 70.1 Å². The third-order valence-corrected chi connectivity index (χ3v) is 4.31. The van der Waals surface area contributed by atoms with Crippen LogP contribution in [0.4, 0.5) is 0 Å². The smallest absolute Gasteiger partial charge is 0.189 e. The van der Waals surface area contributed by atoms with Crippen molar-refractivity contribution >= 4 is 0 Å². The summed E-state index contributed by atoms with van der Waals surface area (Å²) in [4.78, 5) is 0. The molecule has 1 unspecified atom stereocenters. The van der Waals surface area contributed by atoms with E-state index >= 15 is 0 Å². The quantitative estimate of drug-likeness (QED) is 0.471. The maximum atomic E-state index is 10.1. The van der Waals surface area contributed by atoms with Crippen molar-refractivity contribution in [3.63, 3.8) is 0 Å². The number of ether oxygens (including phenoxy) is 3. The molecule has 0 radical (unpaired) electrons. The summed E-state index contributed by atoms with van der Waals surface area (Å²) in [5.41, 5.74) is 1.21. The van der Waals surface area contributed by atoms with Gasteiger partial charge in [0.05, 0.1) is 12.7 Å². The number of aliphatic hydroxyl groups excluding tert-OH is 4. The molecule has 26 heavy (non-hydrogen) atoms. The molecule has 0 aromatic heterocycles. The van der Waals surface area contributed by atoms with Crippen molar-refractivity contribution in [2.24, 2.45) is 0 Å². The highest BCUT2D eigenvalue weighted by atomic mass is 16.8. The summed E-state index contributed by atoms with van der Waals surface area (Å²) in [5.74, 6) is 0. The fourth-order valence-corrected chi connectivity index (χ4v) is 2.92. The van der Waals surface area contributed by atoms with Crippen LogP contribution in [0.25, 0.3) is 0 Å². The lowest BCUT2D eigenvalue weighted by Gasteiger charge is -2.40. The number of rotatable bonds is 9. The monoisotopic (exact) mass is 370 g/mol. The Balaban J connectivity index is 1.93. The normalized spacial score (nSPS) is 30.5. The van der Waals surface area contributed by atoms with E-state index in [4.69, 9.17) is 14.2 Å². The molecule has 1 heterocycles. The van der Waals surface area contributed by atoms with E-state index in [-0.39, 0.29) is 6.10 Å². The standard InChI is InChI=1S/C19H30O7/c1-12(2)24-15(10-6-9-13-7-4-3-5-8-13)26-19-18(23)17(22)16(21)14(11-20)25-19/h3-5,7-8,12,14-23H,6,9-11H2,1-2H3/t14-,15?,16-,17+,18-,19+/m1/s1. The molecular weight excluding hydrogens is 340 g/mol. The Morgan fingerprint density at radius 2 is 1.73 bits per heavy atom. The highest BCUT2D eigenvalue weighted by Gasteiger charge is 2.44. The Kier molecular flexibility index (Phi) is 8.43. The lowest BCUT2D eigenvalue weighted by molar-refractivity contribution is -0.341. The average molecular weight is 370 g/mol. The fourth-order valence-electron chi connectivity index (χ4n) is 2.92. The molecular formula is C19H30O7. The van der Waals surface area contributed by atoms with Crippen LogP contribution in [-0.2, 0) is 20.6 Å². The van der Waals surface area contributed by atoms with Crippen LogP contribution in [0.2, 0.25) is 0 Å². The highest BCUT2D eigenvalue weighted by molar-refractivity contribution is 5.14. The molecule has 7 heteroatoms. The van der Waals surface area contributed by atoms with Gasteiger partial charge in [0.25, 0.3) is 0 Å². The Bertz CT molecular complexity index is 508. The first-order chi connectivity index (χ1) is 12.4. The molecule has 1 fully saturated rings. The number of hydrogen-bond donors (Lipinski definition) is 4. The summed E-state index contributed by atoms with van der Waals surface area (Å²) in [7, 11) is 0. The van der Waals surface area contributed by atoms with E-state index in [9.17, 15) is 20.4 Å². The largest absolute Gasteiger partial charge is 0.394 e. The van der Waals surface area contributed by atoms with Gasteiger partial charge >= 0.3 is 0 Å². The summed E-state index contributed by atoms with van der Waals surface area (Å²) < 4.78 is 16.9. The molecule has 0 saturated carbocycles. The molecule has 1 aromatic rings. The second-order valence-electron chi connectivity index (χ2n) is 6.83. The lowest BCUT2D eigenvalue weighted by atomic mass is 9.99. The first kappa shape index (κ1) is 21.2. The maximum absolute atomic E-state index is 10.1. The van der Waals surface area contributed by atoms with Crippen molar-refractivity contribution in [3.8, 4) is 0 Å². The molecule has 148 valence electrons. The van der Waals surface area contributed by atoms with E-state index < -0.39 is 43.6 Å². The molecule has 1 aliphatic rings. The zero-order valence-electron chi connectivity index (χ0n) is 15.3. The minimum atomic E-state index is -1.46. The van der Waals surface area contributed by atoms with E-state index in [1.165, 1.54) is 5.56 Å². The van der Waals surface area contributed by atoms with Crippen LogP contribution in [0.15, 0.2) is 30.3 Å². The van der Waals surface area contributed by atoms with E-state index in [0.717, 1.165) is 12.8 Å². The van der Waals surface area contributed by atoms with Crippen LogP contribution in [0, 0.1) is 0 Å². The zero-order valence-corrected chi connectivity index (χ0v) is 15.3. The van der Waals surface area contributed by atoms with Gasteiger partial charge in [-0.2, -0.15) is 0 Å². The van der Waals surface area contributed by atoms with Gasteiger partial charge in [-0.15, -0.1) is 0 Å². The molecule has 4 N–H and O–H groups in total. The molecule has 1 aromatic carbocycles. The summed E-state index contributed by atoms with van der Waals surface area (Å²) in [6, 6.07) is 10.0. The highest BCUT2D eigenvalue weighted by Crippen LogP contribution is 2.24. The number of aliphatic hydroxyl groups is 4. The Labute approximate surface area is 154 Å². The van der Waals surface area contributed by atoms with Crippen LogP contribution in [0.3, 0.4) is 0 Å². The van der Waals surface area contributed by atoms with Gasteiger partial charge < -0.3 is 34.6 Å². The van der Waals surface area contributed by atoms with Gasteiger partial charge in [0.1, 0.15) is 24.4 Å². The van der Waals surface area contributed by atoms with E-state index in [2.05, 4.69) is 12.1 Å². The lowest BCUT2D eigenvalue weighted by Crippen LogP contribution is -2.59. The Hall–Kier alpha value is -1.06. The second kappa shape index (κ2) is 10.3. The van der Waals surface area contributed by atoms with Crippen molar-refractivity contribution in [2.45, 2.75) is 76.2 Å². The van der Waals surface area contributed by atoms with Gasteiger partial charge in [-0.25, -0.2) is 0 Å². The second-order valence-corrected chi connectivity index (χ2v) is 6.83. The predicted molar refractivity (Wildman–Crippen MR) is 94.2 cm³/mol. The molecule has 0 aliphatic carbocycles. The molecule has 1 saturated heterocycles. The number of benzene rings is 1. The maximum Gasteiger partial charge on any atom is 0.189 e. The van der Waals surface area contributed by atoms with E-state index in [0.29, 0.717) is 6.42 Å². The molecule has 0 spiro atoms. The van der Waals surface area contributed by atoms with Crippen molar-refractivity contribution in [3.05, 3.63) is 35.9 Å². The van der Waals surface area contributed by atoms with Crippen molar-refractivity contribution in [1.82, 2.24) is 0 Å². The predicted octanol–water partition coefficient (Wildman–Crippen LogP) is 0.577. The van der Waals surface area contributed by atoms with Gasteiger partial charge in [0.15, 0.2) is 12.6 Å². The first-order valence-corrected chi connectivity index (χ1v) is 9.07. The molecule has 2 rings (SSSR count). The number of aryl methyl sites for hydroxylation is 1. The topological polar surface area (TPSA) is 109 Å². The van der Waals surface area contributed by atoms with Gasteiger partial charge in [0, 0.05) is 0 Å². The summed E-state index contributed by atoms with van der Waals surface area (Å²) >= 11 is 0. The van der Waals surface area contributed by atoms with Gasteiger partial charge in [-0.05, 0) is 38.7 Å². The van der Waals surface area contributed by atoms with Crippen LogP contribution >= 0.6 is 0 Å². The molecule has 7 nitrogen and oxygen atoms in total. The SMILES string of the molecule is CC(C)OC(CCCc1ccccc1)O[C@@H]1O[C@H](CO)[C@@H](O)[C@H](O)[C@H]1O. The number of hydrogen-bond acceptors (Lipinski definition) is 7. The van der Waals surface area contributed by atoms with Gasteiger partial charge in [-0.1, -0.05) is 30.3 Å². The minimum absolute atomic E-state index is 0.0957. The van der Waals surface area contributed by atoms with E-state index in [1.54, 1.807) is 0 Å². The summed E-state index contributed by atoms with van der Waals surface area (Å²) in [5, 5.41) is 39.1. The van der Waals surface area contributed by atoms with E-state index in [1.807, 2.05) is 32.0 Å². The van der Waals surface area contributed by atoms with Gasteiger partial charge in [0.2, 0.25) is 0 Å². The average Bonchev–Trinajstić information content (AvgIpc) is 2.62. The molecule has 0 amide bonds. The molecule has 0 bridgehead atoms. The Morgan fingerprint density at radius 3 is 2.35 bits per heavy atom. The first-order valence-electron chi connectivity index (χ1n) is 9.07. The fraction of sp³-hybridized carbons (Fsp3) is 0.684. The minimum Gasteiger partial charge on any atom is -0.394 e. The van der Waals surface area contributed by atoms with Crippen LogP contribution < -0.4 is 0 Å².